The molecule has 0 fully saturated rings. The van der Waals surface area contributed by atoms with Gasteiger partial charge in [0.05, 0.1) is 70.8 Å². The van der Waals surface area contributed by atoms with Gasteiger partial charge < -0.3 is 55.6 Å². The molecule has 0 saturated heterocycles. The molecular formula is C33H65N7O9S. The van der Waals surface area contributed by atoms with Crippen molar-refractivity contribution < 1.29 is 42.9 Å². The summed E-state index contributed by atoms with van der Waals surface area (Å²) in [5.41, 5.74) is -1.78. The van der Waals surface area contributed by atoms with E-state index in [2.05, 4.69) is 37.2 Å². The number of carbonyl (C=O) groups is 4. The lowest BCUT2D eigenvalue weighted by molar-refractivity contribution is -0.130. The Morgan fingerprint density at radius 1 is 0.700 bits per heavy atom. The molecule has 16 nitrogen and oxygen atoms in total. The van der Waals surface area contributed by atoms with E-state index in [-0.39, 0.29) is 119 Å². The minimum absolute atomic E-state index is 0.0438. The first-order chi connectivity index (χ1) is 23.4. The zero-order valence-corrected chi connectivity index (χ0v) is 32.6. The lowest BCUT2D eigenvalue weighted by atomic mass is 10.0. The Morgan fingerprint density at radius 2 is 1.22 bits per heavy atom. The Bertz CT molecular complexity index is 1010. The van der Waals surface area contributed by atoms with Gasteiger partial charge in [0.1, 0.15) is 5.54 Å². The van der Waals surface area contributed by atoms with E-state index < -0.39 is 11.4 Å². The molecule has 0 aliphatic rings. The van der Waals surface area contributed by atoms with Crippen molar-refractivity contribution in [3.8, 4) is 0 Å². The van der Waals surface area contributed by atoms with Gasteiger partial charge >= 0.3 is 0 Å². The minimum atomic E-state index is -1.22. The van der Waals surface area contributed by atoms with Crippen LogP contribution in [0.5, 0.6) is 0 Å². The Labute approximate surface area is 304 Å². The molecule has 0 heterocycles. The van der Waals surface area contributed by atoms with Crippen molar-refractivity contribution in [2.45, 2.75) is 104 Å². The molecule has 0 aromatic rings. The Hall–Kier alpha value is -2.67. The molecule has 0 rings (SSSR count). The summed E-state index contributed by atoms with van der Waals surface area (Å²) in [4.78, 5) is 50.0. The van der Waals surface area contributed by atoms with Crippen LogP contribution in [0.15, 0.2) is 0 Å². The first kappa shape index (κ1) is 47.3. The fourth-order valence-electron chi connectivity index (χ4n) is 3.93. The van der Waals surface area contributed by atoms with Gasteiger partial charge in [-0.25, -0.2) is 0 Å². The second kappa shape index (κ2) is 26.2. The number of hydrogen-bond donors (Lipinski definition) is 7. The molecule has 0 aromatic heterocycles. The monoisotopic (exact) mass is 735 g/mol. The maximum Gasteiger partial charge on any atom is 0.240 e. The zero-order chi connectivity index (χ0) is 38.1. The van der Waals surface area contributed by atoms with Crippen LogP contribution in [0.3, 0.4) is 0 Å². The quantitative estimate of drug-likeness (QED) is 0.0349. The fourth-order valence-corrected chi connectivity index (χ4v) is 4.01. The van der Waals surface area contributed by atoms with Crippen molar-refractivity contribution in [2.24, 2.45) is 0 Å². The summed E-state index contributed by atoms with van der Waals surface area (Å²) in [6.45, 7) is 16.8. The molecule has 0 bridgehead atoms. The second-order valence-corrected chi connectivity index (χ2v) is 14.2. The maximum absolute atomic E-state index is 13.0. The van der Waals surface area contributed by atoms with Crippen LogP contribution in [0.2, 0.25) is 0 Å². The second-order valence-electron chi connectivity index (χ2n) is 13.8. The summed E-state index contributed by atoms with van der Waals surface area (Å²) in [7, 11) is 1.63. The van der Waals surface area contributed by atoms with Crippen LogP contribution in [-0.2, 0) is 42.9 Å². The van der Waals surface area contributed by atoms with Gasteiger partial charge in [0.2, 0.25) is 23.6 Å². The van der Waals surface area contributed by atoms with Crippen molar-refractivity contribution in [3.63, 3.8) is 0 Å². The van der Waals surface area contributed by atoms with Crippen LogP contribution in [-0.4, -0.2) is 131 Å². The molecule has 17 heteroatoms. The number of rotatable bonds is 27. The van der Waals surface area contributed by atoms with Crippen molar-refractivity contribution >= 4 is 41.0 Å². The van der Waals surface area contributed by atoms with Gasteiger partial charge in [0.25, 0.3) is 0 Å². The molecule has 0 spiro atoms. The van der Waals surface area contributed by atoms with E-state index >= 15 is 0 Å². The third-order valence-corrected chi connectivity index (χ3v) is 6.83. The van der Waals surface area contributed by atoms with Gasteiger partial charge in [0, 0.05) is 45.5 Å². The van der Waals surface area contributed by atoms with E-state index in [1.54, 1.807) is 7.05 Å². The van der Waals surface area contributed by atoms with E-state index in [0.717, 1.165) is 0 Å². The number of thiocarbonyl (C=S) groups is 1. The molecule has 7 N–H and O–H groups in total. The van der Waals surface area contributed by atoms with Gasteiger partial charge in [0.15, 0.2) is 5.11 Å². The van der Waals surface area contributed by atoms with E-state index in [0.29, 0.717) is 19.6 Å². The summed E-state index contributed by atoms with van der Waals surface area (Å²) in [5.74, 6) is -1.03. The molecule has 0 aromatic carbocycles. The summed E-state index contributed by atoms with van der Waals surface area (Å²) >= 11 is 5.09. The maximum atomic E-state index is 13.0. The number of ether oxygens (including phenoxy) is 5. The molecule has 0 saturated carbocycles. The highest BCUT2D eigenvalue weighted by atomic mass is 32.1. The van der Waals surface area contributed by atoms with Crippen LogP contribution >= 0.6 is 12.2 Å². The zero-order valence-electron chi connectivity index (χ0n) is 31.8. The number of amides is 4. The van der Waals surface area contributed by atoms with Crippen LogP contribution in [0.25, 0.3) is 0 Å². The Morgan fingerprint density at radius 3 is 1.72 bits per heavy atom. The van der Waals surface area contributed by atoms with Gasteiger partial charge in [-0.1, -0.05) is 0 Å². The third kappa shape index (κ3) is 28.1. The van der Waals surface area contributed by atoms with Crippen LogP contribution in [0.1, 0.15) is 81.1 Å². The molecule has 0 aliphatic carbocycles. The smallest absolute Gasteiger partial charge is 0.240 e. The molecule has 4 amide bonds. The van der Waals surface area contributed by atoms with Gasteiger partial charge in [-0.05, 0) is 74.0 Å². The van der Waals surface area contributed by atoms with Crippen molar-refractivity contribution in [1.82, 2.24) is 37.2 Å². The minimum Gasteiger partial charge on any atom is -0.378 e. The molecule has 0 radical (unpaired) electrons. The summed E-state index contributed by atoms with van der Waals surface area (Å²) in [6.07, 6.45) is 0.920. The Kier molecular flexibility index (Phi) is 24.8. The Balaban J connectivity index is 5.39. The average Bonchev–Trinajstić information content (AvgIpc) is 3.01. The van der Waals surface area contributed by atoms with E-state index in [1.165, 1.54) is 0 Å². The van der Waals surface area contributed by atoms with Crippen molar-refractivity contribution in [3.05, 3.63) is 0 Å². The molecule has 50 heavy (non-hydrogen) atoms. The third-order valence-electron chi connectivity index (χ3n) is 6.48. The SMILES string of the molecule is CCNC(=O)CCOCC(COCCC(=O)NCNCOC(C)(C)C)(COCCC(=O)NC(C)CCOC(C)(C)C)NC(=O)CNC(=S)NC. The predicted molar refractivity (Wildman–Crippen MR) is 195 cm³/mol. The van der Waals surface area contributed by atoms with Crippen molar-refractivity contribution in [1.29, 1.82) is 0 Å². The van der Waals surface area contributed by atoms with Crippen LogP contribution < -0.4 is 37.2 Å². The van der Waals surface area contributed by atoms with E-state index in [4.69, 9.17) is 35.9 Å². The number of carbonyl (C=O) groups excluding carboxylic acids is 4. The number of hydrogen-bond acceptors (Lipinski definition) is 11. The topological polar surface area (TPSA) is 199 Å². The lowest BCUT2D eigenvalue weighted by Gasteiger charge is -2.34. The molecular weight excluding hydrogens is 670 g/mol. The standard InChI is InChI=1S/C33H65N7O9S/c1-10-36-26(41)12-15-45-20-33(40-29(44)19-37-30(50)34-9,21-46-16-13-27(42)38-23-35-24-49-32(6,7)8)22-47-17-14-28(43)39-25(2)11-18-48-31(3,4)5/h25,35H,10-24H2,1-9H3,(H,36,41)(H,38,42)(H,39,43)(H,40,44)(H2,34,37,50). The largest absolute Gasteiger partial charge is 0.378 e. The van der Waals surface area contributed by atoms with Crippen molar-refractivity contribution in [2.75, 3.05) is 79.8 Å². The van der Waals surface area contributed by atoms with Gasteiger partial charge in [-0.3, -0.25) is 24.5 Å². The molecule has 2 atom stereocenters. The van der Waals surface area contributed by atoms with Gasteiger partial charge in [-0.15, -0.1) is 0 Å². The normalized spacial score (nSPS) is 13.5. The lowest BCUT2D eigenvalue weighted by Crippen LogP contribution is -2.60. The van der Waals surface area contributed by atoms with Crippen LogP contribution in [0, 0.1) is 0 Å². The first-order valence-electron chi connectivity index (χ1n) is 17.2. The highest BCUT2D eigenvalue weighted by Gasteiger charge is 2.34. The summed E-state index contributed by atoms with van der Waals surface area (Å²) < 4.78 is 29.0. The van der Waals surface area contributed by atoms with E-state index in [1.807, 2.05) is 55.4 Å². The fraction of sp³-hybridized carbons (Fsp3) is 0.848. The van der Waals surface area contributed by atoms with Gasteiger partial charge in [-0.2, -0.15) is 0 Å². The molecule has 292 valence electrons. The first-order valence-corrected chi connectivity index (χ1v) is 17.6. The predicted octanol–water partition coefficient (Wildman–Crippen LogP) is 0.437. The number of nitrogens with one attached hydrogen (secondary N) is 7. The average molecular weight is 736 g/mol. The summed E-state index contributed by atoms with van der Waals surface area (Å²) in [5, 5.41) is 20.1. The highest BCUT2D eigenvalue weighted by Crippen LogP contribution is 2.11. The molecule has 0 aliphatic heterocycles. The van der Waals surface area contributed by atoms with E-state index in [9.17, 15) is 19.2 Å². The van der Waals surface area contributed by atoms with Crippen LogP contribution in [0.4, 0.5) is 0 Å². The summed E-state index contributed by atoms with van der Waals surface area (Å²) in [6, 6.07) is -0.0871. The molecule has 2 unspecified atom stereocenters. The highest BCUT2D eigenvalue weighted by molar-refractivity contribution is 7.80.